The first-order chi connectivity index (χ1) is 5.76. The molecule has 0 saturated heterocycles. The SMILES string of the molecule is CCc1nnc(NC(=O)CCl)o1. The second kappa shape index (κ2) is 4.06. The Morgan fingerprint density at radius 3 is 2.92 bits per heavy atom. The van der Waals surface area contributed by atoms with Crippen molar-refractivity contribution in [2.45, 2.75) is 13.3 Å². The van der Waals surface area contributed by atoms with Gasteiger partial charge in [0.15, 0.2) is 0 Å². The summed E-state index contributed by atoms with van der Waals surface area (Å²) >= 11 is 5.24. The molecule has 0 saturated carbocycles. The second-order valence-electron chi connectivity index (χ2n) is 2.04. The van der Waals surface area contributed by atoms with E-state index in [2.05, 4.69) is 15.5 Å². The maximum Gasteiger partial charge on any atom is 0.322 e. The highest BCUT2D eigenvalue weighted by Gasteiger charge is 2.06. The molecule has 0 aliphatic carbocycles. The predicted molar refractivity (Wildman–Crippen MR) is 43.0 cm³/mol. The molecule has 0 radical (unpaired) electrons. The van der Waals surface area contributed by atoms with Crippen LogP contribution in [0.1, 0.15) is 12.8 Å². The summed E-state index contributed by atoms with van der Waals surface area (Å²) in [5, 5.41) is 9.55. The van der Waals surface area contributed by atoms with Crippen LogP contribution in [-0.2, 0) is 11.2 Å². The Hall–Kier alpha value is -1.10. The predicted octanol–water partition coefficient (Wildman–Crippen LogP) is 0.809. The Kier molecular flexibility index (Phi) is 3.04. The van der Waals surface area contributed by atoms with Gasteiger partial charge in [-0.25, -0.2) is 0 Å². The Morgan fingerprint density at radius 2 is 2.42 bits per heavy atom. The van der Waals surface area contributed by atoms with Crippen LogP contribution in [0.15, 0.2) is 4.42 Å². The average Bonchev–Trinajstić information content (AvgIpc) is 2.52. The number of amides is 1. The van der Waals surface area contributed by atoms with E-state index < -0.39 is 0 Å². The van der Waals surface area contributed by atoms with Crippen LogP contribution >= 0.6 is 11.6 Å². The number of hydrogen-bond acceptors (Lipinski definition) is 4. The van der Waals surface area contributed by atoms with E-state index in [0.717, 1.165) is 0 Å². The largest absolute Gasteiger partial charge is 0.408 e. The smallest absolute Gasteiger partial charge is 0.322 e. The van der Waals surface area contributed by atoms with E-state index in [-0.39, 0.29) is 17.8 Å². The summed E-state index contributed by atoms with van der Waals surface area (Å²) in [6.45, 7) is 1.88. The van der Waals surface area contributed by atoms with Gasteiger partial charge in [-0.3, -0.25) is 10.1 Å². The third kappa shape index (κ3) is 2.20. The normalized spacial score (nSPS) is 9.83. The number of aryl methyl sites for hydroxylation is 1. The van der Waals surface area contributed by atoms with Gasteiger partial charge < -0.3 is 4.42 Å². The van der Waals surface area contributed by atoms with E-state index >= 15 is 0 Å². The molecule has 6 heteroatoms. The Balaban J connectivity index is 2.58. The fourth-order valence-electron chi connectivity index (χ4n) is 0.600. The molecule has 1 aromatic heterocycles. The standard InChI is InChI=1S/C6H8ClN3O2/c1-2-5-9-10-6(12-5)8-4(11)3-7/h2-3H2,1H3,(H,8,10,11). The first-order valence-electron chi connectivity index (χ1n) is 3.44. The van der Waals surface area contributed by atoms with Crippen molar-refractivity contribution in [3.8, 4) is 0 Å². The summed E-state index contributed by atoms with van der Waals surface area (Å²) in [5.41, 5.74) is 0. The van der Waals surface area contributed by atoms with Crippen molar-refractivity contribution in [1.29, 1.82) is 0 Å². The lowest BCUT2D eigenvalue weighted by atomic mass is 10.5. The van der Waals surface area contributed by atoms with Crippen LogP contribution < -0.4 is 5.32 Å². The van der Waals surface area contributed by atoms with Gasteiger partial charge in [0.25, 0.3) is 0 Å². The van der Waals surface area contributed by atoms with E-state index in [0.29, 0.717) is 12.3 Å². The van der Waals surface area contributed by atoms with Crippen LogP contribution in [0.4, 0.5) is 6.01 Å². The van der Waals surface area contributed by atoms with E-state index in [9.17, 15) is 4.79 Å². The van der Waals surface area contributed by atoms with Gasteiger partial charge in [0.2, 0.25) is 11.8 Å². The zero-order valence-electron chi connectivity index (χ0n) is 6.50. The van der Waals surface area contributed by atoms with Crippen LogP contribution in [0.2, 0.25) is 0 Å². The van der Waals surface area contributed by atoms with Gasteiger partial charge in [0.05, 0.1) is 0 Å². The van der Waals surface area contributed by atoms with Crippen molar-refractivity contribution in [1.82, 2.24) is 10.2 Å². The number of nitrogens with one attached hydrogen (secondary N) is 1. The third-order valence-electron chi connectivity index (χ3n) is 1.14. The molecule has 1 heterocycles. The minimum absolute atomic E-state index is 0.0949. The molecule has 1 rings (SSSR count). The molecule has 0 aliphatic heterocycles. The molecule has 0 atom stereocenters. The molecule has 0 spiro atoms. The molecule has 0 aromatic carbocycles. The lowest BCUT2D eigenvalue weighted by molar-refractivity contribution is -0.114. The van der Waals surface area contributed by atoms with Gasteiger partial charge >= 0.3 is 6.01 Å². The lowest BCUT2D eigenvalue weighted by Crippen LogP contribution is -2.12. The Morgan fingerprint density at radius 1 is 1.67 bits per heavy atom. The highest BCUT2D eigenvalue weighted by molar-refractivity contribution is 6.28. The monoisotopic (exact) mass is 189 g/mol. The zero-order valence-corrected chi connectivity index (χ0v) is 7.26. The maximum absolute atomic E-state index is 10.7. The summed E-state index contributed by atoms with van der Waals surface area (Å²) < 4.78 is 4.99. The lowest BCUT2D eigenvalue weighted by Gasteiger charge is -1.92. The van der Waals surface area contributed by atoms with Gasteiger partial charge in [-0.15, -0.1) is 16.7 Å². The number of nitrogens with zero attached hydrogens (tertiary/aromatic N) is 2. The molecule has 1 N–H and O–H groups in total. The molecular weight excluding hydrogens is 182 g/mol. The average molecular weight is 190 g/mol. The number of alkyl halides is 1. The summed E-state index contributed by atoms with van der Waals surface area (Å²) in [6, 6.07) is 0.0949. The van der Waals surface area contributed by atoms with Crippen molar-refractivity contribution in [2.75, 3.05) is 11.2 Å². The molecule has 1 amide bonds. The van der Waals surface area contributed by atoms with E-state index in [1.54, 1.807) is 0 Å². The van der Waals surface area contributed by atoms with Gasteiger partial charge in [-0.05, 0) is 0 Å². The summed E-state index contributed by atoms with van der Waals surface area (Å²) in [5.74, 6) is 0.00644. The fraction of sp³-hybridized carbons (Fsp3) is 0.500. The number of rotatable bonds is 3. The minimum atomic E-state index is -0.358. The van der Waals surface area contributed by atoms with E-state index in [1.807, 2.05) is 6.92 Å². The van der Waals surface area contributed by atoms with Gasteiger partial charge in [0.1, 0.15) is 5.88 Å². The van der Waals surface area contributed by atoms with Gasteiger partial charge in [0, 0.05) is 6.42 Å². The fourth-order valence-corrected chi connectivity index (χ4v) is 0.666. The molecule has 0 bridgehead atoms. The topological polar surface area (TPSA) is 68.0 Å². The van der Waals surface area contributed by atoms with E-state index in [4.69, 9.17) is 16.0 Å². The van der Waals surface area contributed by atoms with Crippen LogP contribution in [0.25, 0.3) is 0 Å². The molecule has 1 aromatic rings. The highest BCUT2D eigenvalue weighted by atomic mass is 35.5. The number of carbonyl (C=O) groups excluding carboxylic acids is 1. The quantitative estimate of drug-likeness (QED) is 0.715. The summed E-state index contributed by atoms with van der Waals surface area (Å²) in [7, 11) is 0. The number of carbonyl (C=O) groups is 1. The van der Waals surface area contributed by atoms with Crippen LogP contribution in [-0.4, -0.2) is 22.0 Å². The van der Waals surface area contributed by atoms with Crippen LogP contribution in [0, 0.1) is 0 Å². The number of hydrogen-bond donors (Lipinski definition) is 1. The van der Waals surface area contributed by atoms with Gasteiger partial charge in [-0.2, -0.15) is 0 Å². The molecule has 0 fully saturated rings. The minimum Gasteiger partial charge on any atom is -0.408 e. The number of anilines is 1. The van der Waals surface area contributed by atoms with Crippen molar-refractivity contribution in [3.05, 3.63) is 5.89 Å². The zero-order chi connectivity index (χ0) is 8.97. The summed E-state index contributed by atoms with van der Waals surface area (Å²) in [6.07, 6.45) is 0.643. The highest BCUT2D eigenvalue weighted by Crippen LogP contribution is 2.05. The third-order valence-corrected chi connectivity index (χ3v) is 1.38. The molecular formula is C6H8ClN3O2. The van der Waals surface area contributed by atoms with Gasteiger partial charge in [-0.1, -0.05) is 12.0 Å². The van der Waals surface area contributed by atoms with Crippen molar-refractivity contribution < 1.29 is 9.21 Å². The van der Waals surface area contributed by atoms with Crippen LogP contribution in [0.3, 0.4) is 0 Å². The summed E-state index contributed by atoms with van der Waals surface area (Å²) in [4.78, 5) is 10.7. The molecule has 0 unspecified atom stereocenters. The maximum atomic E-state index is 10.7. The van der Waals surface area contributed by atoms with Crippen LogP contribution in [0.5, 0.6) is 0 Å². The Bertz CT molecular complexity index is 274. The number of aromatic nitrogens is 2. The molecule has 0 aliphatic rings. The molecule has 12 heavy (non-hydrogen) atoms. The van der Waals surface area contributed by atoms with E-state index in [1.165, 1.54) is 0 Å². The number of halogens is 1. The van der Waals surface area contributed by atoms with Crippen molar-refractivity contribution in [2.24, 2.45) is 0 Å². The molecule has 66 valence electrons. The first kappa shape index (κ1) is 8.99. The second-order valence-corrected chi connectivity index (χ2v) is 2.30. The Labute approximate surface area is 74.1 Å². The first-order valence-corrected chi connectivity index (χ1v) is 3.98. The van der Waals surface area contributed by atoms with Crippen molar-refractivity contribution >= 4 is 23.5 Å². The molecule has 5 nitrogen and oxygen atoms in total. The van der Waals surface area contributed by atoms with Crippen molar-refractivity contribution in [3.63, 3.8) is 0 Å².